The molecular formula is C8H9N7O3S. The molecule has 0 aliphatic heterocycles. The standard InChI is InChI=1S/C8H9N7O3S/c16-7(17)5-4-15(13-12-5)2-1-9-8(18)11-6-3-10-14-19-6/h3-4H,1-2H2,(H,16,17)(H2,9,11,18). The molecule has 0 unspecified atom stereocenters. The number of carboxylic acids is 1. The first kappa shape index (κ1) is 12.9. The Morgan fingerprint density at radius 3 is 2.95 bits per heavy atom. The molecule has 10 nitrogen and oxygen atoms in total. The van der Waals surface area contributed by atoms with Crippen molar-refractivity contribution in [3.05, 3.63) is 18.1 Å². The normalized spacial score (nSPS) is 10.1. The number of anilines is 1. The molecule has 0 atom stereocenters. The number of carbonyl (C=O) groups is 2. The van der Waals surface area contributed by atoms with Gasteiger partial charge in [0.2, 0.25) is 0 Å². The van der Waals surface area contributed by atoms with Gasteiger partial charge < -0.3 is 10.4 Å². The lowest BCUT2D eigenvalue weighted by Gasteiger charge is -2.04. The molecule has 0 aliphatic carbocycles. The van der Waals surface area contributed by atoms with Crippen molar-refractivity contribution in [1.29, 1.82) is 0 Å². The molecule has 0 saturated heterocycles. The van der Waals surface area contributed by atoms with E-state index in [2.05, 4.69) is 30.5 Å². The van der Waals surface area contributed by atoms with Crippen molar-refractivity contribution in [3.8, 4) is 0 Å². The largest absolute Gasteiger partial charge is 0.476 e. The van der Waals surface area contributed by atoms with Gasteiger partial charge in [-0.05, 0) is 0 Å². The second-order valence-corrected chi connectivity index (χ2v) is 4.12. The monoisotopic (exact) mass is 283 g/mol. The molecule has 0 saturated carbocycles. The van der Waals surface area contributed by atoms with Gasteiger partial charge >= 0.3 is 12.0 Å². The number of carboxylic acid groups (broad SMARTS) is 1. The maximum Gasteiger partial charge on any atom is 0.358 e. The van der Waals surface area contributed by atoms with Crippen molar-refractivity contribution in [2.75, 3.05) is 11.9 Å². The van der Waals surface area contributed by atoms with Gasteiger partial charge in [0.05, 0.1) is 18.9 Å². The van der Waals surface area contributed by atoms with E-state index in [-0.39, 0.29) is 12.2 Å². The van der Waals surface area contributed by atoms with E-state index in [9.17, 15) is 9.59 Å². The van der Waals surface area contributed by atoms with Gasteiger partial charge in [0.1, 0.15) is 5.00 Å². The predicted octanol–water partition coefficient (Wildman–Crippen LogP) is -0.351. The zero-order valence-corrected chi connectivity index (χ0v) is 10.3. The van der Waals surface area contributed by atoms with Crippen LogP contribution in [0.1, 0.15) is 10.5 Å². The molecule has 19 heavy (non-hydrogen) atoms. The summed E-state index contributed by atoms with van der Waals surface area (Å²) >= 11 is 1.06. The van der Waals surface area contributed by atoms with Crippen LogP contribution >= 0.6 is 11.5 Å². The Kier molecular flexibility index (Phi) is 3.97. The molecule has 0 radical (unpaired) electrons. The second-order valence-electron chi connectivity index (χ2n) is 3.33. The van der Waals surface area contributed by atoms with Gasteiger partial charge in [-0.15, -0.1) is 10.2 Å². The Hall–Kier alpha value is -2.56. The van der Waals surface area contributed by atoms with Gasteiger partial charge in [-0.2, -0.15) is 0 Å². The van der Waals surface area contributed by atoms with Crippen molar-refractivity contribution in [1.82, 2.24) is 29.9 Å². The Morgan fingerprint density at radius 1 is 1.47 bits per heavy atom. The van der Waals surface area contributed by atoms with Crippen LogP contribution in [0.4, 0.5) is 9.80 Å². The number of urea groups is 1. The average molecular weight is 283 g/mol. The van der Waals surface area contributed by atoms with Crippen LogP contribution in [0.5, 0.6) is 0 Å². The number of hydrogen-bond donors (Lipinski definition) is 3. The molecule has 0 aliphatic rings. The highest BCUT2D eigenvalue weighted by atomic mass is 32.1. The van der Waals surface area contributed by atoms with Crippen LogP contribution in [0.15, 0.2) is 12.4 Å². The fourth-order valence-electron chi connectivity index (χ4n) is 1.17. The molecule has 3 N–H and O–H groups in total. The molecule has 0 aromatic carbocycles. The van der Waals surface area contributed by atoms with Crippen LogP contribution in [0.3, 0.4) is 0 Å². The number of rotatable bonds is 5. The predicted molar refractivity (Wildman–Crippen MR) is 63.9 cm³/mol. The molecule has 2 rings (SSSR count). The fourth-order valence-corrected chi connectivity index (χ4v) is 1.58. The van der Waals surface area contributed by atoms with E-state index in [0.29, 0.717) is 11.5 Å². The Labute approximate surface area is 110 Å². The van der Waals surface area contributed by atoms with Gasteiger partial charge in [-0.1, -0.05) is 9.70 Å². The molecule has 2 amide bonds. The highest BCUT2D eigenvalue weighted by Gasteiger charge is 2.08. The van der Waals surface area contributed by atoms with E-state index < -0.39 is 12.0 Å². The number of hydrogen-bond acceptors (Lipinski definition) is 7. The zero-order chi connectivity index (χ0) is 13.7. The fraction of sp³-hybridized carbons (Fsp3) is 0.250. The topological polar surface area (TPSA) is 135 Å². The minimum absolute atomic E-state index is 0.139. The molecule has 0 fully saturated rings. The summed E-state index contributed by atoms with van der Waals surface area (Å²) in [5.41, 5.74) is -0.139. The summed E-state index contributed by atoms with van der Waals surface area (Å²) in [6, 6.07) is -0.398. The van der Waals surface area contributed by atoms with Crippen LogP contribution < -0.4 is 10.6 Å². The lowest BCUT2D eigenvalue weighted by atomic mass is 10.5. The number of nitrogens with zero attached hydrogens (tertiary/aromatic N) is 5. The highest BCUT2D eigenvalue weighted by Crippen LogP contribution is 2.07. The molecule has 2 aromatic rings. The minimum Gasteiger partial charge on any atom is -0.476 e. The maximum absolute atomic E-state index is 11.4. The van der Waals surface area contributed by atoms with Gasteiger partial charge in [0.15, 0.2) is 5.69 Å². The first-order valence-electron chi connectivity index (χ1n) is 5.11. The number of nitrogens with one attached hydrogen (secondary N) is 2. The van der Waals surface area contributed by atoms with Gasteiger partial charge in [0.25, 0.3) is 0 Å². The third kappa shape index (κ3) is 3.70. The molecule has 0 bridgehead atoms. The summed E-state index contributed by atoms with van der Waals surface area (Å²) in [7, 11) is 0. The molecular weight excluding hydrogens is 274 g/mol. The Balaban J connectivity index is 1.73. The SMILES string of the molecule is O=C(NCCn1cc(C(=O)O)nn1)Nc1cnns1. The van der Waals surface area contributed by atoms with Crippen molar-refractivity contribution in [3.63, 3.8) is 0 Å². The third-order valence-electron chi connectivity index (χ3n) is 1.98. The summed E-state index contributed by atoms with van der Waals surface area (Å²) in [5, 5.41) is 24.9. The average Bonchev–Trinajstić information content (AvgIpc) is 3.00. The van der Waals surface area contributed by atoms with Crippen molar-refractivity contribution < 1.29 is 14.7 Å². The minimum atomic E-state index is -1.14. The van der Waals surface area contributed by atoms with E-state index in [1.54, 1.807) is 0 Å². The smallest absolute Gasteiger partial charge is 0.358 e. The zero-order valence-electron chi connectivity index (χ0n) is 9.48. The summed E-state index contributed by atoms with van der Waals surface area (Å²) < 4.78 is 4.92. The van der Waals surface area contributed by atoms with E-state index in [4.69, 9.17) is 5.11 Å². The molecule has 100 valence electrons. The van der Waals surface area contributed by atoms with Crippen LogP contribution in [0.2, 0.25) is 0 Å². The summed E-state index contributed by atoms with van der Waals surface area (Å²) in [5.74, 6) is -1.14. The molecule has 11 heteroatoms. The van der Waals surface area contributed by atoms with Gasteiger partial charge in [-0.25, -0.2) is 14.3 Å². The lowest BCUT2D eigenvalue weighted by molar-refractivity contribution is 0.0690. The Morgan fingerprint density at radius 2 is 2.32 bits per heavy atom. The van der Waals surface area contributed by atoms with Crippen LogP contribution in [-0.2, 0) is 6.54 Å². The number of aromatic nitrogens is 5. The number of aromatic carboxylic acids is 1. The summed E-state index contributed by atoms with van der Waals surface area (Å²) in [4.78, 5) is 22.0. The van der Waals surface area contributed by atoms with Gasteiger partial charge in [-0.3, -0.25) is 5.32 Å². The first-order chi connectivity index (χ1) is 9.15. The molecule has 0 spiro atoms. The first-order valence-corrected chi connectivity index (χ1v) is 5.88. The van der Waals surface area contributed by atoms with Crippen molar-refractivity contribution in [2.24, 2.45) is 0 Å². The molecule has 2 heterocycles. The lowest BCUT2D eigenvalue weighted by Crippen LogP contribution is -2.31. The molecule has 2 aromatic heterocycles. The van der Waals surface area contributed by atoms with E-state index >= 15 is 0 Å². The number of amides is 2. The highest BCUT2D eigenvalue weighted by molar-refractivity contribution is 7.10. The van der Waals surface area contributed by atoms with Crippen molar-refractivity contribution >= 4 is 28.5 Å². The van der Waals surface area contributed by atoms with E-state index in [1.807, 2.05) is 0 Å². The maximum atomic E-state index is 11.4. The Bertz CT molecular complexity index is 567. The van der Waals surface area contributed by atoms with Crippen LogP contribution in [0, 0.1) is 0 Å². The quantitative estimate of drug-likeness (QED) is 0.682. The van der Waals surface area contributed by atoms with Crippen molar-refractivity contribution in [2.45, 2.75) is 6.54 Å². The van der Waals surface area contributed by atoms with E-state index in [0.717, 1.165) is 11.5 Å². The second kappa shape index (κ2) is 5.86. The summed E-state index contributed by atoms with van der Waals surface area (Å²) in [6.07, 6.45) is 2.72. The van der Waals surface area contributed by atoms with Crippen LogP contribution in [-0.4, -0.2) is 48.2 Å². The van der Waals surface area contributed by atoms with Gasteiger partial charge in [0, 0.05) is 18.1 Å². The van der Waals surface area contributed by atoms with E-state index in [1.165, 1.54) is 17.1 Å². The summed E-state index contributed by atoms with van der Waals surface area (Å²) in [6.45, 7) is 0.592. The number of carbonyl (C=O) groups excluding carboxylic acids is 1. The van der Waals surface area contributed by atoms with Crippen LogP contribution in [0.25, 0.3) is 0 Å². The third-order valence-corrected chi connectivity index (χ3v) is 2.56.